The van der Waals surface area contributed by atoms with Crippen LogP contribution >= 0.6 is 0 Å². The van der Waals surface area contributed by atoms with Crippen LogP contribution < -0.4 is 5.32 Å². The smallest absolute Gasteiger partial charge is 0.0343 e. The number of aromatic nitrogens is 1. The van der Waals surface area contributed by atoms with Gasteiger partial charge < -0.3 is 5.32 Å². The van der Waals surface area contributed by atoms with Crippen LogP contribution in [0.3, 0.4) is 0 Å². The number of fused-ring (bicyclic) bond motifs is 1. The Bertz CT molecular complexity index is 369. The molecule has 1 aliphatic heterocycles. The molecule has 2 unspecified atom stereocenters. The molecule has 0 amide bonds. The molecular weight excluding hydrogens is 184 g/mol. The third-order valence-corrected chi connectivity index (χ3v) is 3.66. The molecule has 2 heterocycles. The lowest BCUT2D eigenvalue weighted by Gasteiger charge is -2.28. The van der Waals surface area contributed by atoms with Gasteiger partial charge in [0, 0.05) is 18.9 Å². The Hall–Kier alpha value is -1.15. The number of allylic oxidation sites excluding steroid dienone is 1. The Balaban J connectivity index is 1.88. The molecule has 2 heteroatoms. The van der Waals surface area contributed by atoms with E-state index in [4.69, 9.17) is 0 Å². The van der Waals surface area contributed by atoms with E-state index in [0.717, 1.165) is 18.4 Å². The van der Waals surface area contributed by atoms with Crippen molar-refractivity contribution >= 4 is 5.57 Å². The first-order chi connectivity index (χ1) is 7.45. The van der Waals surface area contributed by atoms with Gasteiger partial charge in [-0.3, -0.25) is 4.98 Å². The van der Waals surface area contributed by atoms with Crippen molar-refractivity contribution in [1.82, 2.24) is 10.3 Å². The maximum Gasteiger partial charge on any atom is 0.0343 e. The molecule has 2 nitrogen and oxygen atoms in total. The summed E-state index contributed by atoms with van der Waals surface area (Å²) < 4.78 is 0. The highest BCUT2D eigenvalue weighted by Gasteiger charge is 2.32. The predicted molar refractivity (Wildman–Crippen MR) is 61.3 cm³/mol. The van der Waals surface area contributed by atoms with E-state index in [1.54, 1.807) is 0 Å². The van der Waals surface area contributed by atoms with E-state index in [-0.39, 0.29) is 0 Å². The number of rotatable bonds is 1. The van der Waals surface area contributed by atoms with Gasteiger partial charge in [-0.2, -0.15) is 0 Å². The minimum absolute atomic E-state index is 0.725. The van der Waals surface area contributed by atoms with Crippen LogP contribution in [0.25, 0.3) is 5.57 Å². The van der Waals surface area contributed by atoms with Crippen LogP contribution in [-0.2, 0) is 0 Å². The number of nitrogens with one attached hydrogen (secondary N) is 1. The van der Waals surface area contributed by atoms with E-state index >= 15 is 0 Å². The lowest BCUT2D eigenvalue weighted by Crippen LogP contribution is -2.34. The first-order valence-corrected chi connectivity index (χ1v) is 5.76. The topological polar surface area (TPSA) is 24.9 Å². The van der Waals surface area contributed by atoms with E-state index in [0.29, 0.717) is 0 Å². The van der Waals surface area contributed by atoms with Crippen molar-refractivity contribution < 1.29 is 0 Å². The largest absolute Gasteiger partial charge is 0.316 e. The van der Waals surface area contributed by atoms with Crippen molar-refractivity contribution in [3.63, 3.8) is 0 Å². The number of nitrogens with zero attached hydrogens (tertiary/aromatic N) is 1. The molecule has 1 fully saturated rings. The van der Waals surface area contributed by atoms with Gasteiger partial charge in [0.05, 0.1) is 0 Å². The van der Waals surface area contributed by atoms with Gasteiger partial charge in [-0.1, -0.05) is 12.1 Å². The summed E-state index contributed by atoms with van der Waals surface area (Å²) in [5, 5.41) is 3.49. The molecule has 0 spiro atoms. The molecule has 1 aromatic rings. The van der Waals surface area contributed by atoms with E-state index in [2.05, 4.69) is 22.4 Å². The number of hydrogen-bond acceptors (Lipinski definition) is 2. The van der Waals surface area contributed by atoms with Gasteiger partial charge in [-0.05, 0) is 48.4 Å². The summed E-state index contributed by atoms with van der Waals surface area (Å²) in [6, 6.07) is 4.20. The summed E-state index contributed by atoms with van der Waals surface area (Å²) in [7, 11) is 0. The highest BCUT2D eigenvalue weighted by atomic mass is 14.9. The molecule has 0 aromatic carbocycles. The zero-order valence-electron chi connectivity index (χ0n) is 8.82. The van der Waals surface area contributed by atoms with Crippen LogP contribution in [0.4, 0.5) is 0 Å². The van der Waals surface area contributed by atoms with Crippen LogP contribution in [0.5, 0.6) is 0 Å². The van der Waals surface area contributed by atoms with E-state index in [1.807, 2.05) is 18.5 Å². The van der Waals surface area contributed by atoms with E-state index in [1.165, 1.54) is 30.5 Å². The number of piperidine rings is 1. The number of hydrogen-bond donors (Lipinski definition) is 1. The predicted octanol–water partition coefficient (Wildman–Crippen LogP) is 2.09. The molecule has 1 N–H and O–H groups in total. The molecule has 0 radical (unpaired) electrons. The first-order valence-electron chi connectivity index (χ1n) is 5.76. The van der Waals surface area contributed by atoms with Crippen LogP contribution in [0.2, 0.25) is 0 Å². The summed E-state index contributed by atoms with van der Waals surface area (Å²) in [6.07, 6.45) is 8.83. The zero-order valence-corrected chi connectivity index (χ0v) is 8.82. The molecule has 78 valence electrons. The first kappa shape index (κ1) is 9.10. The standard InChI is InChI=1S/C13H16N2/c1-2-11(8-14-6-1)12-4-3-10-5-7-15-9-13(10)12/h1-2,4,6,8,10,13,15H,3,5,7,9H2. The van der Waals surface area contributed by atoms with Gasteiger partial charge in [0.25, 0.3) is 0 Å². The van der Waals surface area contributed by atoms with Crippen molar-refractivity contribution in [2.45, 2.75) is 12.8 Å². The van der Waals surface area contributed by atoms with Crippen molar-refractivity contribution in [3.05, 3.63) is 36.2 Å². The Morgan fingerprint density at radius 2 is 2.40 bits per heavy atom. The highest BCUT2D eigenvalue weighted by molar-refractivity contribution is 5.69. The fraction of sp³-hybridized carbons (Fsp3) is 0.462. The Labute approximate surface area is 90.4 Å². The second-order valence-electron chi connectivity index (χ2n) is 4.50. The molecule has 0 bridgehead atoms. The minimum atomic E-state index is 0.725. The Morgan fingerprint density at radius 1 is 1.40 bits per heavy atom. The minimum Gasteiger partial charge on any atom is -0.316 e. The molecule has 3 rings (SSSR count). The summed E-state index contributed by atoms with van der Waals surface area (Å²) in [6.45, 7) is 2.33. The lowest BCUT2D eigenvalue weighted by molar-refractivity contribution is 0.328. The maximum absolute atomic E-state index is 4.21. The van der Waals surface area contributed by atoms with Gasteiger partial charge in [-0.25, -0.2) is 0 Å². The molecule has 2 aliphatic rings. The van der Waals surface area contributed by atoms with Crippen LogP contribution in [0, 0.1) is 11.8 Å². The molecule has 1 aromatic heterocycles. The fourth-order valence-electron chi connectivity index (χ4n) is 2.85. The summed E-state index contributed by atoms with van der Waals surface area (Å²) >= 11 is 0. The Kier molecular flexibility index (Phi) is 2.29. The molecule has 0 saturated carbocycles. The van der Waals surface area contributed by atoms with Gasteiger partial charge in [0.1, 0.15) is 0 Å². The lowest BCUT2D eigenvalue weighted by atomic mass is 9.84. The highest BCUT2D eigenvalue weighted by Crippen LogP contribution is 2.40. The quantitative estimate of drug-likeness (QED) is 0.751. The van der Waals surface area contributed by atoms with Crippen molar-refractivity contribution in [2.75, 3.05) is 13.1 Å². The van der Waals surface area contributed by atoms with Crippen LogP contribution in [0.15, 0.2) is 30.6 Å². The number of pyridine rings is 1. The van der Waals surface area contributed by atoms with Crippen LogP contribution in [0.1, 0.15) is 18.4 Å². The van der Waals surface area contributed by atoms with E-state index < -0.39 is 0 Å². The van der Waals surface area contributed by atoms with Crippen molar-refractivity contribution in [3.8, 4) is 0 Å². The normalized spacial score (nSPS) is 29.7. The van der Waals surface area contributed by atoms with Gasteiger partial charge in [0.2, 0.25) is 0 Å². The van der Waals surface area contributed by atoms with Gasteiger partial charge >= 0.3 is 0 Å². The second kappa shape index (κ2) is 3.78. The Morgan fingerprint density at radius 3 is 3.27 bits per heavy atom. The van der Waals surface area contributed by atoms with Gasteiger partial charge in [0.15, 0.2) is 0 Å². The zero-order chi connectivity index (χ0) is 10.1. The van der Waals surface area contributed by atoms with Crippen LogP contribution in [-0.4, -0.2) is 18.1 Å². The van der Waals surface area contributed by atoms with E-state index in [9.17, 15) is 0 Å². The third-order valence-electron chi connectivity index (χ3n) is 3.66. The van der Waals surface area contributed by atoms with Gasteiger partial charge in [-0.15, -0.1) is 0 Å². The molecule has 1 saturated heterocycles. The molecular formula is C13H16N2. The molecule has 1 aliphatic carbocycles. The summed E-state index contributed by atoms with van der Waals surface area (Å²) in [4.78, 5) is 4.21. The summed E-state index contributed by atoms with van der Waals surface area (Å²) in [5.74, 6) is 1.60. The van der Waals surface area contributed by atoms with Crippen molar-refractivity contribution in [1.29, 1.82) is 0 Å². The SMILES string of the molecule is C1=C(c2cccnc2)C2CNCCC2C1. The monoisotopic (exact) mass is 200 g/mol. The fourth-order valence-corrected chi connectivity index (χ4v) is 2.85. The second-order valence-corrected chi connectivity index (χ2v) is 4.50. The third kappa shape index (κ3) is 1.59. The van der Waals surface area contributed by atoms with Crippen molar-refractivity contribution in [2.24, 2.45) is 11.8 Å². The summed E-state index contributed by atoms with van der Waals surface area (Å²) in [5.41, 5.74) is 2.83. The average Bonchev–Trinajstić information content (AvgIpc) is 2.74. The average molecular weight is 200 g/mol. The molecule has 15 heavy (non-hydrogen) atoms. The maximum atomic E-state index is 4.21. The molecule has 2 atom stereocenters.